The van der Waals surface area contributed by atoms with Crippen molar-refractivity contribution >= 4 is 11.7 Å². The van der Waals surface area contributed by atoms with Crippen LogP contribution in [-0.4, -0.2) is 52.1 Å². The van der Waals surface area contributed by atoms with Crippen molar-refractivity contribution in [2.24, 2.45) is 0 Å². The topological polar surface area (TPSA) is 80.2 Å². The molecule has 0 spiro atoms. The first-order chi connectivity index (χ1) is 11.2. The van der Waals surface area contributed by atoms with E-state index in [1.165, 1.54) is 0 Å². The molecule has 2 aromatic heterocycles. The molecular weight excluding hydrogens is 294 g/mol. The summed E-state index contributed by atoms with van der Waals surface area (Å²) >= 11 is 0. The summed E-state index contributed by atoms with van der Waals surface area (Å²) in [4.78, 5) is 26.9. The number of carbonyl (C=O) groups excluding carboxylic acids is 1. The van der Waals surface area contributed by atoms with Gasteiger partial charge in [-0.3, -0.25) is 9.78 Å². The molecule has 7 nitrogen and oxygen atoms in total. The van der Waals surface area contributed by atoms with Gasteiger partial charge in [0.1, 0.15) is 17.3 Å². The summed E-state index contributed by atoms with van der Waals surface area (Å²) in [7, 11) is 0. The van der Waals surface area contributed by atoms with Gasteiger partial charge < -0.3 is 15.0 Å². The van der Waals surface area contributed by atoms with E-state index >= 15 is 0 Å². The SMILES string of the molecule is Cc1nc(NCc2ccncc2)cc(C(=O)N2CCOCC2)n1. The minimum atomic E-state index is -0.0780. The van der Waals surface area contributed by atoms with Crippen molar-refractivity contribution in [2.75, 3.05) is 31.6 Å². The fourth-order valence-corrected chi connectivity index (χ4v) is 2.39. The summed E-state index contributed by atoms with van der Waals surface area (Å²) in [5.41, 5.74) is 1.51. The van der Waals surface area contributed by atoms with Crippen LogP contribution in [0, 0.1) is 6.92 Å². The molecular formula is C16H19N5O2. The maximum atomic E-state index is 12.5. The van der Waals surface area contributed by atoms with E-state index in [4.69, 9.17) is 4.74 Å². The highest BCUT2D eigenvalue weighted by Crippen LogP contribution is 2.12. The highest BCUT2D eigenvalue weighted by Gasteiger charge is 2.20. The van der Waals surface area contributed by atoms with Gasteiger partial charge in [0.05, 0.1) is 13.2 Å². The molecule has 0 atom stereocenters. The number of anilines is 1. The van der Waals surface area contributed by atoms with E-state index in [9.17, 15) is 4.79 Å². The normalized spacial score (nSPS) is 14.6. The molecule has 1 amide bonds. The first-order valence-electron chi connectivity index (χ1n) is 7.58. The lowest BCUT2D eigenvalue weighted by Crippen LogP contribution is -2.41. The molecule has 1 saturated heterocycles. The van der Waals surface area contributed by atoms with Gasteiger partial charge >= 0.3 is 0 Å². The van der Waals surface area contributed by atoms with Gasteiger partial charge in [-0.05, 0) is 24.6 Å². The second-order valence-electron chi connectivity index (χ2n) is 5.30. The van der Waals surface area contributed by atoms with Crippen molar-refractivity contribution in [3.63, 3.8) is 0 Å². The van der Waals surface area contributed by atoms with Crippen LogP contribution in [0.25, 0.3) is 0 Å². The summed E-state index contributed by atoms with van der Waals surface area (Å²) in [5, 5.41) is 3.23. The molecule has 2 aromatic rings. The van der Waals surface area contributed by atoms with Crippen LogP contribution in [-0.2, 0) is 11.3 Å². The van der Waals surface area contributed by atoms with Crippen LogP contribution >= 0.6 is 0 Å². The first-order valence-corrected chi connectivity index (χ1v) is 7.58. The summed E-state index contributed by atoms with van der Waals surface area (Å²) in [6, 6.07) is 5.56. The Morgan fingerprint density at radius 1 is 1.26 bits per heavy atom. The second-order valence-corrected chi connectivity index (χ2v) is 5.30. The van der Waals surface area contributed by atoms with Gasteiger partial charge in [-0.15, -0.1) is 0 Å². The number of hydrogen-bond acceptors (Lipinski definition) is 6. The smallest absolute Gasteiger partial charge is 0.272 e. The third-order valence-corrected chi connectivity index (χ3v) is 3.58. The van der Waals surface area contributed by atoms with Crippen LogP contribution in [0.5, 0.6) is 0 Å². The third kappa shape index (κ3) is 4.01. The number of rotatable bonds is 4. The molecule has 0 saturated carbocycles. The van der Waals surface area contributed by atoms with Crippen molar-refractivity contribution in [2.45, 2.75) is 13.5 Å². The molecule has 3 heterocycles. The van der Waals surface area contributed by atoms with Crippen LogP contribution in [0.15, 0.2) is 30.6 Å². The van der Waals surface area contributed by atoms with Crippen molar-refractivity contribution in [1.29, 1.82) is 0 Å². The van der Waals surface area contributed by atoms with Crippen LogP contribution in [0.2, 0.25) is 0 Å². The summed E-state index contributed by atoms with van der Waals surface area (Å²) < 4.78 is 5.28. The number of pyridine rings is 1. The molecule has 1 aliphatic rings. The number of nitrogens with zero attached hydrogens (tertiary/aromatic N) is 4. The van der Waals surface area contributed by atoms with E-state index < -0.39 is 0 Å². The highest BCUT2D eigenvalue weighted by molar-refractivity contribution is 5.93. The van der Waals surface area contributed by atoms with Crippen molar-refractivity contribution < 1.29 is 9.53 Å². The molecule has 0 unspecified atom stereocenters. The number of nitrogens with one attached hydrogen (secondary N) is 1. The van der Waals surface area contributed by atoms with E-state index in [0.717, 1.165) is 5.56 Å². The molecule has 1 fully saturated rings. The van der Waals surface area contributed by atoms with Crippen LogP contribution in [0.1, 0.15) is 21.9 Å². The van der Waals surface area contributed by atoms with E-state index in [1.807, 2.05) is 12.1 Å². The number of aryl methyl sites for hydroxylation is 1. The zero-order valence-electron chi connectivity index (χ0n) is 13.0. The molecule has 23 heavy (non-hydrogen) atoms. The molecule has 0 aromatic carbocycles. The van der Waals surface area contributed by atoms with Crippen molar-refractivity contribution in [1.82, 2.24) is 19.9 Å². The van der Waals surface area contributed by atoms with Crippen molar-refractivity contribution in [3.8, 4) is 0 Å². The Hall–Kier alpha value is -2.54. The highest BCUT2D eigenvalue weighted by atomic mass is 16.5. The van der Waals surface area contributed by atoms with Gasteiger partial charge in [-0.25, -0.2) is 9.97 Å². The van der Waals surface area contributed by atoms with Gasteiger partial charge in [0.25, 0.3) is 5.91 Å². The molecule has 3 rings (SSSR count). The lowest BCUT2D eigenvalue weighted by Gasteiger charge is -2.26. The molecule has 0 radical (unpaired) electrons. The summed E-state index contributed by atoms with van der Waals surface area (Å²) in [6.07, 6.45) is 3.49. The Morgan fingerprint density at radius 2 is 2.00 bits per heavy atom. The fourth-order valence-electron chi connectivity index (χ4n) is 2.39. The van der Waals surface area contributed by atoms with Crippen LogP contribution in [0.4, 0.5) is 5.82 Å². The zero-order chi connectivity index (χ0) is 16.1. The quantitative estimate of drug-likeness (QED) is 0.915. The Kier molecular flexibility index (Phi) is 4.77. The Labute approximate surface area is 134 Å². The standard InChI is InChI=1S/C16H19N5O2/c1-12-19-14(16(22)21-6-8-23-9-7-21)10-15(20-12)18-11-13-2-4-17-5-3-13/h2-5,10H,6-9,11H2,1H3,(H,18,19,20). The predicted octanol–water partition coefficient (Wildman–Crippen LogP) is 1.26. The summed E-state index contributed by atoms with van der Waals surface area (Å²) in [6.45, 7) is 4.74. The Bertz CT molecular complexity index is 671. The number of morpholine rings is 1. The van der Waals surface area contributed by atoms with Gasteiger partial charge in [0.15, 0.2) is 0 Å². The van der Waals surface area contributed by atoms with E-state index in [1.54, 1.807) is 30.3 Å². The summed E-state index contributed by atoms with van der Waals surface area (Å²) in [5.74, 6) is 1.14. The Morgan fingerprint density at radius 3 is 2.74 bits per heavy atom. The largest absolute Gasteiger partial charge is 0.378 e. The van der Waals surface area contributed by atoms with E-state index in [-0.39, 0.29) is 5.91 Å². The third-order valence-electron chi connectivity index (χ3n) is 3.58. The number of aromatic nitrogens is 3. The van der Waals surface area contributed by atoms with E-state index in [0.29, 0.717) is 50.2 Å². The fraction of sp³-hybridized carbons (Fsp3) is 0.375. The average Bonchev–Trinajstić information content (AvgIpc) is 2.60. The molecule has 0 aliphatic carbocycles. The lowest BCUT2D eigenvalue weighted by atomic mass is 10.2. The van der Waals surface area contributed by atoms with Gasteiger partial charge in [0, 0.05) is 38.1 Å². The number of ether oxygens (including phenoxy) is 1. The minimum absolute atomic E-state index is 0.0780. The number of amides is 1. The van der Waals surface area contributed by atoms with Gasteiger partial charge in [-0.1, -0.05) is 0 Å². The first kappa shape index (κ1) is 15.4. The average molecular weight is 313 g/mol. The monoisotopic (exact) mass is 313 g/mol. The maximum Gasteiger partial charge on any atom is 0.272 e. The number of hydrogen-bond donors (Lipinski definition) is 1. The molecule has 1 aliphatic heterocycles. The predicted molar refractivity (Wildman–Crippen MR) is 85.1 cm³/mol. The zero-order valence-corrected chi connectivity index (χ0v) is 13.0. The van der Waals surface area contributed by atoms with Crippen LogP contribution < -0.4 is 5.32 Å². The molecule has 1 N–H and O–H groups in total. The van der Waals surface area contributed by atoms with Gasteiger partial charge in [-0.2, -0.15) is 0 Å². The molecule has 120 valence electrons. The van der Waals surface area contributed by atoms with Gasteiger partial charge in [0.2, 0.25) is 0 Å². The molecule has 0 bridgehead atoms. The van der Waals surface area contributed by atoms with E-state index in [2.05, 4.69) is 20.3 Å². The maximum absolute atomic E-state index is 12.5. The second kappa shape index (κ2) is 7.15. The number of carbonyl (C=O) groups is 1. The van der Waals surface area contributed by atoms with Crippen molar-refractivity contribution in [3.05, 3.63) is 47.7 Å². The minimum Gasteiger partial charge on any atom is -0.378 e. The lowest BCUT2D eigenvalue weighted by molar-refractivity contribution is 0.0299. The molecule has 7 heteroatoms. The Balaban J connectivity index is 1.72. The van der Waals surface area contributed by atoms with Crippen LogP contribution in [0.3, 0.4) is 0 Å².